The fourth-order valence-corrected chi connectivity index (χ4v) is 7.50. The molecule has 2 aliphatic rings. The maximum absolute atomic E-state index is 13.5. The second-order valence-corrected chi connectivity index (χ2v) is 15.1. The van der Waals surface area contributed by atoms with Crippen molar-refractivity contribution in [3.63, 3.8) is 0 Å². The number of nitrogens with zero attached hydrogens (tertiary/aromatic N) is 4. The Labute approximate surface area is 310 Å². The van der Waals surface area contributed by atoms with Crippen molar-refractivity contribution >= 4 is 51.5 Å². The Bertz CT molecular complexity index is 1980. The average molecular weight is 776 g/mol. The lowest BCUT2D eigenvalue weighted by molar-refractivity contribution is -0.140. The molecule has 0 saturated carbocycles. The number of ether oxygens (including phenoxy) is 1. The fraction of sp³-hybridized carbons (Fsp3) is 0.531. The van der Waals surface area contributed by atoms with Crippen molar-refractivity contribution in [3.05, 3.63) is 34.1 Å². The minimum absolute atomic E-state index is 0.0690. The van der Waals surface area contributed by atoms with E-state index < -0.39 is 88.7 Å². The molecule has 0 saturated heterocycles. The van der Waals surface area contributed by atoms with Gasteiger partial charge in [0.25, 0.3) is 10.0 Å². The number of hydrogen-bond donors (Lipinski definition) is 8. The molecule has 21 nitrogen and oxygen atoms in total. The standard InChI is InChI=1S/C32H45N11O10S/c1-16-17(2)28(18(3)20-10-32(4,5)53-27(16)20)54(51,52)41-31(33)34-8-6-7-21-29(49)37-13-24(45)39-22(9-26(47)48)30(50)36-11-19-14-43(42-40-19)15-25(46)35-12-23(44)38-21/h14,21-22H,6-13,15H2,1-5H3,(H,35,46)(H,36,50)(H,37,49)(H,38,44)(H,39,45)(H,47,48)(H3,33,34,41)/t21-,22-/m0/s1. The van der Waals surface area contributed by atoms with E-state index in [-0.39, 0.29) is 43.1 Å². The molecular weight excluding hydrogens is 730 g/mol. The first-order valence-corrected chi connectivity index (χ1v) is 18.4. The van der Waals surface area contributed by atoms with Gasteiger partial charge in [-0.15, -0.1) is 5.10 Å². The summed E-state index contributed by atoms with van der Waals surface area (Å²) >= 11 is 0. The summed E-state index contributed by atoms with van der Waals surface area (Å²) in [6, 6.07) is -2.77. The molecule has 2 aliphatic heterocycles. The minimum Gasteiger partial charge on any atom is -0.487 e. The molecule has 294 valence electrons. The second-order valence-electron chi connectivity index (χ2n) is 13.5. The summed E-state index contributed by atoms with van der Waals surface area (Å²) < 4.78 is 36.6. The molecule has 4 rings (SSSR count). The summed E-state index contributed by atoms with van der Waals surface area (Å²) in [6.45, 7) is 7.21. The van der Waals surface area contributed by atoms with Gasteiger partial charge >= 0.3 is 5.97 Å². The maximum Gasteiger partial charge on any atom is 0.305 e. The zero-order chi connectivity index (χ0) is 40.0. The normalized spacial score (nSPS) is 20.1. The number of carbonyl (C=O) groups is 6. The molecule has 0 spiro atoms. The van der Waals surface area contributed by atoms with Crippen molar-refractivity contribution in [2.75, 3.05) is 19.6 Å². The van der Waals surface area contributed by atoms with E-state index in [4.69, 9.17) is 10.5 Å². The number of aromatic nitrogens is 3. The van der Waals surface area contributed by atoms with Crippen LogP contribution < -0.4 is 41.8 Å². The molecule has 5 amide bonds. The Balaban J connectivity index is 1.44. The molecule has 2 atom stereocenters. The predicted molar refractivity (Wildman–Crippen MR) is 189 cm³/mol. The number of rotatable bonds is 8. The topological polar surface area (TPSA) is 307 Å². The number of fused-ring (bicyclic) bond motifs is 3. The lowest BCUT2D eigenvalue weighted by Crippen LogP contribution is -2.53. The van der Waals surface area contributed by atoms with Gasteiger partial charge in [0.2, 0.25) is 35.5 Å². The Morgan fingerprint density at radius 3 is 2.30 bits per heavy atom. The van der Waals surface area contributed by atoms with Crippen molar-refractivity contribution in [1.82, 2.24) is 46.3 Å². The highest BCUT2D eigenvalue weighted by atomic mass is 32.2. The van der Waals surface area contributed by atoms with Crippen LogP contribution in [0.25, 0.3) is 0 Å². The Kier molecular flexibility index (Phi) is 12.8. The summed E-state index contributed by atoms with van der Waals surface area (Å²) in [7, 11) is -4.17. The fourth-order valence-electron chi connectivity index (χ4n) is 5.98. The molecule has 2 bridgehead atoms. The van der Waals surface area contributed by atoms with Crippen LogP contribution in [0.3, 0.4) is 0 Å². The van der Waals surface area contributed by atoms with Crippen LogP contribution in [0.4, 0.5) is 0 Å². The van der Waals surface area contributed by atoms with E-state index >= 15 is 0 Å². The highest BCUT2D eigenvalue weighted by Gasteiger charge is 2.37. The molecule has 22 heteroatoms. The SMILES string of the molecule is Cc1c(C)c(S(=O)(=O)NC(N)=NCCC[C@@H]2NC(=O)CNC(=O)Cn3cc(nn3)CNC(=O)[C@H](CC(=O)O)NC(=O)CNC2=O)c(C)c2c1OC(C)(C)C2. The Morgan fingerprint density at radius 1 is 0.981 bits per heavy atom. The van der Waals surface area contributed by atoms with Crippen molar-refractivity contribution in [2.45, 2.75) is 96.0 Å². The van der Waals surface area contributed by atoms with Gasteiger partial charge < -0.3 is 42.2 Å². The Hall–Kier alpha value is -5.80. The van der Waals surface area contributed by atoms with Crippen LogP contribution >= 0.6 is 0 Å². The average Bonchev–Trinajstić information content (AvgIpc) is 3.67. The van der Waals surface area contributed by atoms with Crippen molar-refractivity contribution in [1.29, 1.82) is 0 Å². The number of hydrogen-bond acceptors (Lipinski definition) is 12. The first-order chi connectivity index (χ1) is 25.3. The number of aliphatic imine (C=N–C) groups is 1. The van der Waals surface area contributed by atoms with Crippen LogP contribution in [0.1, 0.15) is 61.1 Å². The number of carbonyl (C=O) groups excluding carboxylic acids is 5. The summed E-state index contributed by atoms with van der Waals surface area (Å²) in [5.74, 6) is -5.04. The molecule has 0 radical (unpaired) electrons. The van der Waals surface area contributed by atoms with E-state index in [1.165, 1.54) is 6.20 Å². The van der Waals surface area contributed by atoms with Crippen molar-refractivity contribution in [2.24, 2.45) is 10.7 Å². The van der Waals surface area contributed by atoms with Crippen molar-refractivity contribution in [3.8, 4) is 5.75 Å². The molecule has 0 aliphatic carbocycles. The van der Waals surface area contributed by atoms with Gasteiger partial charge in [0.05, 0.1) is 37.1 Å². The van der Waals surface area contributed by atoms with E-state index in [0.29, 0.717) is 28.9 Å². The third kappa shape index (κ3) is 10.6. The summed E-state index contributed by atoms with van der Waals surface area (Å²) in [4.78, 5) is 79.2. The Morgan fingerprint density at radius 2 is 1.61 bits per heavy atom. The third-order valence-electron chi connectivity index (χ3n) is 8.62. The van der Waals surface area contributed by atoms with Crippen LogP contribution in [0.2, 0.25) is 0 Å². The van der Waals surface area contributed by atoms with Crippen LogP contribution in [0, 0.1) is 20.8 Å². The zero-order valence-corrected chi connectivity index (χ0v) is 31.3. The monoisotopic (exact) mass is 775 g/mol. The van der Waals surface area contributed by atoms with E-state index in [0.717, 1.165) is 10.2 Å². The van der Waals surface area contributed by atoms with Crippen LogP contribution in [0.5, 0.6) is 5.75 Å². The van der Waals surface area contributed by atoms with Gasteiger partial charge in [-0.3, -0.25) is 33.8 Å². The van der Waals surface area contributed by atoms with Crippen LogP contribution in [-0.4, -0.2) is 107 Å². The van der Waals surface area contributed by atoms with Crippen LogP contribution in [0.15, 0.2) is 16.1 Å². The van der Waals surface area contributed by atoms with Gasteiger partial charge in [-0.25, -0.2) is 17.8 Å². The summed E-state index contributed by atoms with van der Waals surface area (Å²) in [5.41, 5.74) is 8.25. The zero-order valence-electron chi connectivity index (χ0n) is 30.5. The summed E-state index contributed by atoms with van der Waals surface area (Å²) in [6.07, 6.45) is 1.13. The lowest BCUT2D eigenvalue weighted by atomic mass is 9.94. The van der Waals surface area contributed by atoms with Gasteiger partial charge in [-0.1, -0.05) is 5.21 Å². The summed E-state index contributed by atoms with van der Waals surface area (Å²) in [5, 5.41) is 28.8. The molecular formula is C32H45N11O10S. The highest BCUT2D eigenvalue weighted by molar-refractivity contribution is 7.90. The molecule has 54 heavy (non-hydrogen) atoms. The largest absolute Gasteiger partial charge is 0.487 e. The number of nitrogens with one attached hydrogen (secondary N) is 6. The molecule has 0 fully saturated rings. The second kappa shape index (κ2) is 16.9. The van der Waals surface area contributed by atoms with Crippen molar-refractivity contribution < 1.29 is 47.0 Å². The molecule has 1 aromatic heterocycles. The van der Waals surface area contributed by atoms with Gasteiger partial charge in [0, 0.05) is 18.5 Å². The van der Waals surface area contributed by atoms with Gasteiger partial charge in [0.1, 0.15) is 35.7 Å². The number of aliphatic carboxylic acids is 1. The predicted octanol–water partition coefficient (Wildman–Crippen LogP) is -2.70. The number of benzene rings is 1. The minimum atomic E-state index is -4.17. The van der Waals surface area contributed by atoms with Gasteiger partial charge in [-0.05, 0) is 64.2 Å². The number of carboxylic acids is 1. The van der Waals surface area contributed by atoms with E-state index in [1.807, 2.05) is 13.8 Å². The quantitative estimate of drug-likeness (QED) is 0.0770. The molecule has 1 aromatic carbocycles. The van der Waals surface area contributed by atoms with Gasteiger partial charge in [0.15, 0.2) is 0 Å². The smallest absolute Gasteiger partial charge is 0.305 e. The maximum atomic E-state index is 13.5. The highest BCUT2D eigenvalue weighted by Crippen LogP contribution is 2.43. The van der Waals surface area contributed by atoms with E-state index in [1.54, 1.807) is 20.8 Å². The third-order valence-corrected chi connectivity index (χ3v) is 10.2. The van der Waals surface area contributed by atoms with Gasteiger partial charge in [-0.2, -0.15) is 0 Å². The first kappa shape index (κ1) is 41.0. The number of nitrogens with two attached hydrogens (primary N) is 1. The van der Waals surface area contributed by atoms with E-state index in [2.05, 4.69) is 46.6 Å². The number of carboxylic acid groups (broad SMARTS) is 1. The molecule has 9 N–H and O–H groups in total. The van der Waals surface area contributed by atoms with E-state index in [9.17, 15) is 42.3 Å². The lowest BCUT2D eigenvalue weighted by Gasteiger charge is -2.20. The first-order valence-electron chi connectivity index (χ1n) is 16.9. The number of sulfonamides is 1. The molecule has 3 heterocycles. The number of amides is 5. The van der Waals surface area contributed by atoms with Crippen LogP contribution in [-0.2, 0) is 58.3 Å². The molecule has 0 unspecified atom stereocenters. The number of guanidine groups is 1. The molecule has 2 aromatic rings.